The first-order chi connectivity index (χ1) is 8.59. The average Bonchev–Trinajstić information content (AvgIpc) is 2.36. The predicted molar refractivity (Wildman–Crippen MR) is 73.7 cm³/mol. The molecule has 1 heterocycles. The molecule has 0 bridgehead atoms. The van der Waals surface area contributed by atoms with Gasteiger partial charge in [-0.05, 0) is 36.1 Å². The Balaban J connectivity index is 2.25. The highest BCUT2D eigenvalue weighted by Crippen LogP contribution is 2.20. The highest BCUT2D eigenvalue weighted by molar-refractivity contribution is 5.96. The van der Waals surface area contributed by atoms with E-state index in [1.807, 2.05) is 24.1 Å². The number of nitrogens with one attached hydrogen (secondary N) is 1. The summed E-state index contributed by atoms with van der Waals surface area (Å²) in [5.74, 6) is 0.655. The number of benzene rings is 1. The van der Waals surface area contributed by atoms with E-state index in [1.165, 1.54) is 11.1 Å². The van der Waals surface area contributed by atoms with Crippen LogP contribution in [0.3, 0.4) is 0 Å². The topological polar surface area (TPSA) is 32.3 Å². The van der Waals surface area contributed by atoms with Gasteiger partial charge in [0.15, 0.2) is 0 Å². The lowest BCUT2D eigenvalue weighted by Gasteiger charge is -2.24. The summed E-state index contributed by atoms with van der Waals surface area (Å²) in [5.41, 5.74) is 3.39. The minimum atomic E-state index is 0.155. The van der Waals surface area contributed by atoms with Crippen LogP contribution in [0.5, 0.6) is 0 Å². The maximum absolute atomic E-state index is 12.5. The molecule has 0 saturated heterocycles. The highest BCUT2D eigenvalue weighted by Gasteiger charge is 2.20. The summed E-state index contributed by atoms with van der Waals surface area (Å²) in [7, 11) is 1.89. The summed E-state index contributed by atoms with van der Waals surface area (Å²) in [4.78, 5) is 14.3. The van der Waals surface area contributed by atoms with E-state index in [2.05, 4.69) is 25.2 Å². The molecule has 1 aromatic rings. The predicted octanol–water partition coefficient (Wildman–Crippen LogP) is 2.06. The third-order valence-corrected chi connectivity index (χ3v) is 3.36. The second-order valence-corrected chi connectivity index (χ2v) is 5.45. The van der Waals surface area contributed by atoms with Gasteiger partial charge in [-0.25, -0.2) is 0 Å². The second kappa shape index (κ2) is 5.53. The van der Waals surface area contributed by atoms with E-state index < -0.39 is 0 Å². The summed E-state index contributed by atoms with van der Waals surface area (Å²) >= 11 is 0. The Morgan fingerprint density at radius 3 is 2.94 bits per heavy atom. The zero-order chi connectivity index (χ0) is 13.1. The van der Waals surface area contributed by atoms with Crippen LogP contribution in [0.25, 0.3) is 0 Å². The molecule has 0 aliphatic carbocycles. The molecular weight excluding hydrogens is 224 g/mol. The SMILES string of the molecule is CC(C)CN(C)C(=O)c1cccc2c1CCNC2. The van der Waals surface area contributed by atoms with Gasteiger partial charge in [0.2, 0.25) is 0 Å². The third kappa shape index (κ3) is 2.72. The van der Waals surface area contributed by atoms with Crippen molar-refractivity contribution in [1.29, 1.82) is 0 Å². The fourth-order valence-electron chi connectivity index (χ4n) is 2.57. The molecule has 1 amide bonds. The third-order valence-electron chi connectivity index (χ3n) is 3.36. The molecule has 0 unspecified atom stereocenters. The van der Waals surface area contributed by atoms with Crippen molar-refractivity contribution in [1.82, 2.24) is 10.2 Å². The molecule has 0 saturated carbocycles. The van der Waals surface area contributed by atoms with E-state index in [4.69, 9.17) is 0 Å². The second-order valence-electron chi connectivity index (χ2n) is 5.45. The van der Waals surface area contributed by atoms with Crippen LogP contribution in [0.1, 0.15) is 35.3 Å². The van der Waals surface area contributed by atoms with Crippen LogP contribution >= 0.6 is 0 Å². The van der Waals surface area contributed by atoms with Crippen LogP contribution in [0.2, 0.25) is 0 Å². The number of nitrogens with zero attached hydrogens (tertiary/aromatic N) is 1. The van der Waals surface area contributed by atoms with E-state index in [9.17, 15) is 4.79 Å². The van der Waals surface area contributed by atoms with Crippen LogP contribution in [-0.2, 0) is 13.0 Å². The molecule has 0 fully saturated rings. The van der Waals surface area contributed by atoms with Gasteiger partial charge in [0.25, 0.3) is 5.91 Å². The van der Waals surface area contributed by atoms with Crippen molar-refractivity contribution in [3.63, 3.8) is 0 Å². The molecule has 0 atom stereocenters. The van der Waals surface area contributed by atoms with E-state index in [0.29, 0.717) is 5.92 Å². The van der Waals surface area contributed by atoms with Crippen LogP contribution in [-0.4, -0.2) is 30.9 Å². The summed E-state index contributed by atoms with van der Waals surface area (Å²) in [6.07, 6.45) is 0.951. The fraction of sp³-hybridized carbons (Fsp3) is 0.533. The maximum atomic E-state index is 12.5. The zero-order valence-electron chi connectivity index (χ0n) is 11.5. The number of carbonyl (C=O) groups is 1. The van der Waals surface area contributed by atoms with Crippen molar-refractivity contribution >= 4 is 5.91 Å². The molecule has 1 aliphatic rings. The summed E-state index contributed by atoms with van der Waals surface area (Å²) in [5, 5.41) is 3.34. The minimum Gasteiger partial charge on any atom is -0.341 e. The zero-order valence-corrected chi connectivity index (χ0v) is 11.5. The Labute approximate surface area is 109 Å². The van der Waals surface area contributed by atoms with Crippen molar-refractivity contribution in [2.24, 2.45) is 5.92 Å². The van der Waals surface area contributed by atoms with Crippen molar-refractivity contribution in [3.05, 3.63) is 34.9 Å². The number of carbonyl (C=O) groups excluding carboxylic acids is 1. The molecular formula is C15H22N2O. The molecule has 98 valence electrons. The quantitative estimate of drug-likeness (QED) is 0.885. The van der Waals surface area contributed by atoms with Crippen LogP contribution < -0.4 is 5.32 Å². The van der Waals surface area contributed by atoms with E-state index in [-0.39, 0.29) is 5.91 Å². The monoisotopic (exact) mass is 246 g/mol. The van der Waals surface area contributed by atoms with Crippen molar-refractivity contribution in [3.8, 4) is 0 Å². The van der Waals surface area contributed by atoms with Crippen molar-refractivity contribution < 1.29 is 4.79 Å². The maximum Gasteiger partial charge on any atom is 0.253 e. The summed E-state index contributed by atoms with van der Waals surface area (Å²) < 4.78 is 0. The Kier molecular flexibility index (Phi) is 4.02. The first-order valence-corrected chi connectivity index (χ1v) is 6.66. The van der Waals surface area contributed by atoms with Crippen LogP contribution in [0.4, 0.5) is 0 Å². The standard InChI is InChI=1S/C15H22N2O/c1-11(2)10-17(3)15(18)14-6-4-5-12-9-16-8-7-13(12)14/h4-6,11,16H,7-10H2,1-3H3. The van der Waals surface area contributed by atoms with Crippen molar-refractivity contribution in [2.45, 2.75) is 26.8 Å². The molecule has 18 heavy (non-hydrogen) atoms. The lowest BCUT2D eigenvalue weighted by atomic mass is 9.94. The van der Waals surface area contributed by atoms with Gasteiger partial charge in [-0.3, -0.25) is 4.79 Å². The van der Waals surface area contributed by atoms with E-state index in [0.717, 1.165) is 31.6 Å². The number of rotatable bonds is 3. The lowest BCUT2D eigenvalue weighted by Crippen LogP contribution is -2.33. The average molecular weight is 246 g/mol. The van der Waals surface area contributed by atoms with Crippen LogP contribution in [0, 0.1) is 5.92 Å². The lowest BCUT2D eigenvalue weighted by molar-refractivity contribution is 0.0777. The smallest absolute Gasteiger partial charge is 0.253 e. The normalized spacial score (nSPS) is 14.4. The van der Waals surface area contributed by atoms with Gasteiger partial charge >= 0.3 is 0 Å². The molecule has 0 spiro atoms. The largest absolute Gasteiger partial charge is 0.341 e. The Hall–Kier alpha value is -1.35. The molecule has 1 N–H and O–H groups in total. The summed E-state index contributed by atoms with van der Waals surface area (Å²) in [6, 6.07) is 6.06. The molecule has 2 rings (SSSR count). The van der Waals surface area contributed by atoms with Crippen molar-refractivity contribution in [2.75, 3.05) is 20.1 Å². The Morgan fingerprint density at radius 2 is 2.22 bits per heavy atom. The van der Waals surface area contributed by atoms with Crippen LogP contribution in [0.15, 0.2) is 18.2 Å². The van der Waals surface area contributed by atoms with Gasteiger partial charge in [0, 0.05) is 25.7 Å². The number of hydrogen-bond donors (Lipinski definition) is 1. The Morgan fingerprint density at radius 1 is 1.44 bits per heavy atom. The van der Waals surface area contributed by atoms with Gasteiger partial charge in [0.05, 0.1) is 0 Å². The van der Waals surface area contributed by atoms with Gasteiger partial charge in [0.1, 0.15) is 0 Å². The molecule has 3 nitrogen and oxygen atoms in total. The molecule has 3 heteroatoms. The first kappa shape index (κ1) is 13.1. The molecule has 0 radical (unpaired) electrons. The first-order valence-electron chi connectivity index (χ1n) is 6.66. The summed E-state index contributed by atoms with van der Waals surface area (Å²) in [6.45, 7) is 6.92. The van der Waals surface area contributed by atoms with Gasteiger partial charge in [-0.15, -0.1) is 0 Å². The molecule has 1 aromatic carbocycles. The molecule has 0 aromatic heterocycles. The van der Waals surface area contributed by atoms with E-state index >= 15 is 0 Å². The number of amides is 1. The van der Waals surface area contributed by atoms with Gasteiger partial charge < -0.3 is 10.2 Å². The minimum absolute atomic E-state index is 0.155. The highest BCUT2D eigenvalue weighted by atomic mass is 16.2. The van der Waals surface area contributed by atoms with E-state index in [1.54, 1.807) is 0 Å². The number of fused-ring (bicyclic) bond motifs is 1. The Bertz CT molecular complexity index is 440. The molecule has 1 aliphatic heterocycles. The fourth-order valence-corrected chi connectivity index (χ4v) is 2.57. The van der Waals surface area contributed by atoms with Gasteiger partial charge in [-0.1, -0.05) is 26.0 Å². The number of hydrogen-bond acceptors (Lipinski definition) is 2. The van der Waals surface area contributed by atoms with Gasteiger partial charge in [-0.2, -0.15) is 0 Å².